The Balaban J connectivity index is 2.08. The second-order valence-corrected chi connectivity index (χ2v) is 5.05. The van der Waals surface area contributed by atoms with E-state index in [1.165, 1.54) is 18.9 Å². The maximum absolute atomic E-state index is 13.1. The molecule has 1 aromatic carbocycles. The first-order valence-electron chi connectivity index (χ1n) is 5.37. The minimum absolute atomic E-state index is 0.152. The van der Waals surface area contributed by atoms with Crippen LogP contribution in [0.3, 0.4) is 0 Å². The molecule has 82 valence electrons. The maximum atomic E-state index is 13.1. The third-order valence-electron chi connectivity index (χ3n) is 2.92. The second-order valence-electron chi connectivity index (χ2n) is 4.06. The van der Waals surface area contributed by atoms with E-state index >= 15 is 0 Å². The second kappa shape index (κ2) is 5.08. The highest BCUT2D eigenvalue weighted by atomic mass is 79.9. The van der Waals surface area contributed by atoms with Crippen molar-refractivity contribution < 1.29 is 4.39 Å². The number of benzene rings is 1. The van der Waals surface area contributed by atoms with Crippen LogP contribution in [-0.4, -0.2) is 13.1 Å². The van der Waals surface area contributed by atoms with Gasteiger partial charge in [-0.15, -0.1) is 0 Å². The zero-order valence-corrected chi connectivity index (χ0v) is 10.1. The summed E-state index contributed by atoms with van der Waals surface area (Å²) in [5.41, 5.74) is 1.05. The summed E-state index contributed by atoms with van der Waals surface area (Å²) in [6, 6.07) is 6.86. The van der Waals surface area contributed by atoms with Gasteiger partial charge in [0, 0.05) is 4.83 Å². The highest BCUT2D eigenvalue weighted by molar-refractivity contribution is 9.09. The number of halogens is 2. The molecule has 1 nitrogen and oxygen atoms in total. The van der Waals surface area contributed by atoms with Crippen LogP contribution in [0.4, 0.5) is 4.39 Å². The Labute approximate surface area is 98.2 Å². The lowest BCUT2D eigenvalue weighted by Gasteiger charge is -2.27. The van der Waals surface area contributed by atoms with E-state index in [4.69, 9.17) is 0 Å². The molecule has 0 spiro atoms. The van der Waals surface area contributed by atoms with Crippen LogP contribution in [0, 0.1) is 11.7 Å². The lowest BCUT2D eigenvalue weighted by molar-refractivity contribution is 0.373. The van der Waals surface area contributed by atoms with E-state index in [0.717, 1.165) is 18.7 Å². The van der Waals surface area contributed by atoms with Crippen LogP contribution < -0.4 is 5.32 Å². The Bertz CT molecular complexity index is 323. The molecule has 0 aliphatic carbocycles. The molecule has 0 bridgehead atoms. The molecular formula is C12H15BrFN. The van der Waals surface area contributed by atoms with Crippen LogP contribution in [0.1, 0.15) is 23.2 Å². The van der Waals surface area contributed by atoms with Crippen molar-refractivity contribution in [3.05, 3.63) is 35.6 Å². The first-order valence-corrected chi connectivity index (χ1v) is 6.29. The number of nitrogens with one attached hydrogen (secondary N) is 1. The van der Waals surface area contributed by atoms with Crippen molar-refractivity contribution >= 4 is 15.9 Å². The van der Waals surface area contributed by atoms with E-state index in [9.17, 15) is 4.39 Å². The smallest absolute Gasteiger partial charge is 0.123 e. The molecule has 1 aliphatic rings. The molecule has 2 rings (SSSR count). The molecule has 2 unspecified atom stereocenters. The van der Waals surface area contributed by atoms with Crippen LogP contribution in [0.5, 0.6) is 0 Å². The summed E-state index contributed by atoms with van der Waals surface area (Å²) in [7, 11) is 0. The maximum Gasteiger partial charge on any atom is 0.123 e. The quantitative estimate of drug-likeness (QED) is 0.815. The lowest BCUT2D eigenvalue weighted by Crippen LogP contribution is -2.31. The molecule has 3 heteroatoms. The van der Waals surface area contributed by atoms with Gasteiger partial charge in [0.1, 0.15) is 5.82 Å². The molecule has 0 aromatic heterocycles. The molecule has 1 heterocycles. The third-order valence-corrected chi connectivity index (χ3v) is 4.19. The fraction of sp³-hybridized carbons (Fsp3) is 0.500. The molecule has 0 saturated carbocycles. The number of hydrogen-bond donors (Lipinski definition) is 1. The van der Waals surface area contributed by atoms with Crippen molar-refractivity contribution in [3.63, 3.8) is 0 Å². The summed E-state index contributed by atoms with van der Waals surface area (Å²) in [6.45, 7) is 2.13. The van der Waals surface area contributed by atoms with Crippen molar-refractivity contribution in [3.8, 4) is 0 Å². The first kappa shape index (κ1) is 11.1. The van der Waals surface area contributed by atoms with Crippen molar-refractivity contribution in [1.82, 2.24) is 5.32 Å². The summed E-state index contributed by atoms with van der Waals surface area (Å²) >= 11 is 3.68. The van der Waals surface area contributed by atoms with Gasteiger partial charge in [-0.25, -0.2) is 4.39 Å². The highest BCUT2D eigenvalue weighted by Crippen LogP contribution is 2.34. The topological polar surface area (TPSA) is 12.0 Å². The Hall–Kier alpha value is -0.410. The summed E-state index contributed by atoms with van der Waals surface area (Å²) in [5, 5.41) is 3.38. The van der Waals surface area contributed by atoms with E-state index in [2.05, 4.69) is 21.2 Å². The third kappa shape index (κ3) is 2.79. The molecule has 15 heavy (non-hydrogen) atoms. The predicted molar refractivity (Wildman–Crippen MR) is 63.7 cm³/mol. The van der Waals surface area contributed by atoms with Gasteiger partial charge in [0.25, 0.3) is 0 Å². The first-order chi connectivity index (χ1) is 7.27. The Morgan fingerprint density at radius 1 is 1.47 bits per heavy atom. The summed E-state index contributed by atoms with van der Waals surface area (Å²) in [6.07, 6.45) is 2.42. The molecule has 1 aliphatic heterocycles. The SMILES string of the molecule is Fc1cccc(C(Br)C2CCCNC2)c1. The van der Waals surface area contributed by atoms with Crippen LogP contribution >= 0.6 is 15.9 Å². The number of rotatable bonds is 2. The standard InChI is InChI=1S/C12H15BrFN/c13-12(10-4-2-6-15-8-10)9-3-1-5-11(14)7-9/h1,3,5,7,10,12,15H,2,4,6,8H2. The van der Waals surface area contributed by atoms with Crippen LogP contribution in [0.15, 0.2) is 24.3 Å². The largest absolute Gasteiger partial charge is 0.316 e. The average molecular weight is 272 g/mol. The molecule has 1 aromatic rings. The van der Waals surface area contributed by atoms with Gasteiger partial charge < -0.3 is 5.32 Å². The summed E-state index contributed by atoms with van der Waals surface area (Å²) in [4.78, 5) is 0.265. The Morgan fingerprint density at radius 3 is 3.00 bits per heavy atom. The molecular weight excluding hydrogens is 257 g/mol. The van der Waals surface area contributed by atoms with Gasteiger partial charge in [0.15, 0.2) is 0 Å². The monoisotopic (exact) mass is 271 g/mol. The van der Waals surface area contributed by atoms with Gasteiger partial charge in [-0.2, -0.15) is 0 Å². The number of alkyl halides is 1. The van der Waals surface area contributed by atoms with Gasteiger partial charge in [-0.05, 0) is 49.5 Å². The van der Waals surface area contributed by atoms with Gasteiger partial charge in [-0.3, -0.25) is 0 Å². The summed E-state index contributed by atoms with van der Waals surface area (Å²) < 4.78 is 13.1. The van der Waals surface area contributed by atoms with E-state index in [-0.39, 0.29) is 10.6 Å². The Morgan fingerprint density at radius 2 is 2.33 bits per heavy atom. The summed E-state index contributed by atoms with van der Waals surface area (Å²) in [5.74, 6) is 0.418. The van der Waals surface area contributed by atoms with Gasteiger partial charge in [-0.1, -0.05) is 28.1 Å². The van der Waals surface area contributed by atoms with Crippen molar-refractivity contribution in [1.29, 1.82) is 0 Å². The average Bonchev–Trinajstić information content (AvgIpc) is 2.29. The minimum atomic E-state index is -0.152. The van der Waals surface area contributed by atoms with Crippen molar-refractivity contribution in [2.45, 2.75) is 17.7 Å². The molecule has 1 N–H and O–H groups in total. The molecule has 1 saturated heterocycles. The van der Waals surface area contributed by atoms with E-state index in [1.54, 1.807) is 12.1 Å². The fourth-order valence-corrected chi connectivity index (χ4v) is 2.81. The van der Waals surface area contributed by atoms with Gasteiger partial charge in [0.05, 0.1) is 0 Å². The van der Waals surface area contributed by atoms with Crippen LogP contribution in [0.25, 0.3) is 0 Å². The fourth-order valence-electron chi connectivity index (χ4n) is 2.08. The van der Waals surface area contributed by atoms with E-state index < -0.39 is 0 Å². The zero-order chi connectivity index (χ0) is 10.7. The van der Waals surface area contributed by atoms with E-state index in [1.807, 2.05) is 6.07 Å². The molecule has 0 amide bonds. The highest BCUT2D eigenvalue weighted by Gasteiger charge is 2.22. The molecule has 1 fully saturated rings. The number of hydrogen-bond acceptors (Lipinski definition) is 1. The zero-order valence-electron chi connectivity index (χ0n) is 8.55. The Kier molecular flexibility index (Phi) is 3.76. The predicted octanol–water partition coefficient (Wildman–Crippen LogP) is 3.26. The van der Waals surface area contributed by atoms with Crippen molar-refractivity contribution in [2.75, 3.05) is 13.1 Å². The molecule has 2 atom stereocenters. The van der Waals surface area contributed by atoms with Gasteiger partial charge in [0.2, 0.25) is 0 Å². The molecule has 0 radical (unpaired) electrons. The minimum Gasteiger partial charge on any atom is -0.316 e. The lowest BCUT2D eigenvalue weighted by atomic mass is 9.92. The van der Waals surface area contributed by atoms with Crippen LogP contribution in [-0.2, 0) is 0 Å². The normalized spacial score (nSPS) is 23.7. The number of piperidine rings is 1. The van der Waals surface area contributed by atoms with E-state index in [0.29, 0.717) is 5.92 Å². The van der Waals surface area contributed by atoms with Gasteiger partial charge >= 0.3 is 0 Å². The van der Waals surface area contributed by atoms with Crippen LogP contribution in [0.2, 0.25) is 0 Å². The van der Waals surface area contributed by atoms with Crippen molar-refractivity contribution in [2.24, 2.45) is 5.92 Å².